The summed E-state index contributed by atoms with van der Waals surface area (Å²) in [5.74, 6) is -0.240. The van der Waals surface area contributed by atoms with Gasteiger partial charge in [-0.2, -0.15) is 0 Å². The van der Waals surface area contributed by atoms with Gasteiger partial charge in [-0.3, -0.25) is 9.59 Å². The molecule has 0 bridgehead atoms. The van der Waals surface area contributed by atoms with Gasteiger partial charge in [0.15, 0.2) is 0 Å². The van der Waals surface area contributed by atoms with E-state index in [1.807, 2.05) is 51.1 Å². The van der Waals surface area contributed by atoms with Crippen molar-refractivity contribution in [3.8, 4) is 0 Å². The predicted octanol–water partition coefficient (Wildman–Crippen LogP) is 2.34. The minimum atomic E-state index is -0.478. The molecule has 0 atom stereocenters. The topological polar surface area (TPSA) is 58.2 Å². The van der Waals surface area contributed by atoms with Crippen LogP contribution in [0.1, 0.15) is 45.6 Å². The highest BCUT2D eigenvalue weighted by Crippen LogP contribution is 2.40. The molecular weight excluding hydrogens is 264 g/mol. The van der Waals surface area contributed by atoms with E-state index in [1.165, 1.54) is 0 Å². The van der Waals surface area contributed by atoms with Gasteiger partial charge in [0, 0.05) is 5.41 Å². The Morgan fingerprint density at radius 1 is 1.14 bits per heavy atom. The summed E-state index contributed by atoms with van der Waals surface area (Å²) in [4.78, 5) is 23.9. The molecule has 0 spiro atoms. The van der Waals surface area contributed by atoms with Crippen LogP contribution in [0.15, 0.2) is 30.3 Å². The van der Waals surface area contributed by atoms with Crippen molar-refractivity contribution in [3.05, 3.63) is 35.9 Å². The first-order valence-corrected chi connectivity index (χ1v) is 7.48. The van der Waals surface area contributed by atoms with Gasteiger partial charge in [-0.05, 0) is 24.8 Å². The van der Waals surface area contributed by atoms with Gasteiger partial charge < -0.3 is 10.6 Å². The van der Waals surface area contributed by atoms with Crippen molar-refractivity contribution in [2.24, 2.45) is 5.41 Å². The molecular formula is C17H24N2O2. The molecule has 21 heavy (non-hydrogen) atoms. The highest BCUT2D eigenvalue weighted by Gasteiger charge is 2.39. The van der Waals surface area contributed by atoms with Crippen molar-refractivity contribution in [1.82, 2.24) is 10.6 Å². The minimum Gasteiger partial charge on any atom is -0.347 e. The molecule has 1 aromatic carbocycles. The van der Waals surface area contributed by atoms with E-state index in [1.54, 1.807) is 0 Å². The molecule has 4 nitrogen and oxygen atoms in total. The smallest absolute Gasteiger partial charge is 0.240 e. The maximum Gasteiger partial charge on any atom is 0.240 e. The zero-order chi connectivity index (χ0) is 15.5. The normalized spacial score (nSPS) is 16.7. The third-order valence-electron chi connectivity index (χ3n) is 4.00. The van der Waals surface area contributed by atoms with Gasteiger partial charge in [-0.25, -0.2) is 0 Å². The molecule has 0 saturated heterocycles. The van der Waals surface area contributed by atoms with Crippen LogP contribution in [0.5, 0.6) is 0 Å². The fourth-order valence-corrected chi connectivity index (χ4v) is 2.51. The molecule has 2 N–H and O–H groups in total. The number of rotatable bonds is 4. The summed E-state index contributed by atoms with van der Waals surface area (Å²) in [5.41, 5.74) is 0.422. The number of nitrogens with one attached hydrogen (secondary N) is 2. The number of benzene rings is 1. The number of carbonyl (C=O) groups is 2. The van der Waals surface area contributed by atoms with Crippen molar-refractivity contribution in [1.29, 1.82) is 0 Å². The zero-order valence-corrected chi connectivity index (χ0v) is 13.0. The monoisotopic (exact) mass is 288 g/mol. The van der Waals surface area contributed by atoms with Gasteiger partial charge in [0.1, 0.15) is 0 Å². The van der Waals surface area contributed by atoms with Crippen LogP contribution in [0.4, 0.5) is 0 Å². The second kappa shape index (κ2) is 5.88. The molecule has 1 aromatic rings. The Kier molecular flexibility index (Phi) is 4.35. The van der Waals surface area contributed by atoms with Crippen molar-refractivity contribution in [3.63, 3.8) is 0 Å². The number of amides is 2. The second-order valence-corrected chi connectivity index (χ2v) is 6.78. The third kappa shape index (κ3) is 3.63. The van der Waals surface area contributed by atoms with Crippen molar-refractivity contribution >= 4 is 11.8 Å². The highest BCUT2D eigenvalue weighted by molar-refractivity contribution is 5.87. The van der Waals surface area contributed by atoms with E-state index in [4.69, 9.17) is 0 Å². The summed E-state index contributed by atoms with van der Waals surface area (Å²) in [6.07, 6.45) is 3.02. The Bertz CT molecular complexity index is 513. The number of hydrogen-bond acceptors (Lipinski definition) is 2. The number of hydrogen-bond donors (Lipinski definition) is 2. The predicted molar refractivity (Wildman–Crippen MR) is 82.6 cm³/mol. The fraction of sp³-hybridized carbons (Fsp3) is 0.529. The highest BCUT2D eigenvalue weighted by atomic mass is 16.2. The van der Waals surface area contributed by atoms with Gasteiger partial charge >= 0.3 is 0 Å². The summed E-state index contributed by atoms with van der Waals surface area (Å²) in [7, 11) is 0. The van der Waals surface area contributed by atoms with Gasteiger partial charge in [0.25, 0.3) is 0 Å². The van der Waals surface area contributed by atoms with Crippen LogP contribution in [0.3, 0.4) is 0 Å². The molecule has 114 valence electrons. The van der Waals surface area contributed by atoms with E-state index in [2.05, 4.69) is 10.6 Å². The average Bonchev–Trinajstić information content (AvgIpc) is 2.40. The summed E-state index contributed by atoms with van der Waals surface area (Å²) >= 11 is 0. The first kappa shape index (κ1) is 15.5. The average molecular weight is 288 g/mol. The lowest BCUT2D eigenvalue weighted by Crippen LogP contribution is -2.53. The van der Waals surface area contributed by atoms with Crippen LogP contribution in [0, 0.1) is 5.41 Å². The van der Waals surface area contributed by atoms with Crippen LogP contribution < -0.4 is 10.6 Å². The van der Waals surface area contributed by atoms with Crippen LogP contribution in [-0.2, 0) is 15.1 Å². The quantitative estimate of drug-likeness (QED) is 0.893. The summed E-state index contributed by atoms with van der Waals surface area (Å²) in [6.45, 7) is 5.53. The third-order valence-corrected chi connectivity index (χ3v) is 4.00. The van der Waals surface area contributed by atoms with E-state index < -0.39 is 5.41 Å². The Balaban J connectivity index is 1.94. The van der Waals surface area contributed by atoms with Crippen LogP contribution in [0.25, 0.3) is 0 Å². The number of carbonyl (C=O) groups excluding carboxylic acids is 2. The molecule has 1 aliphatic rings. The molecule has 0 radical (unpaired) electrons. The van der Waals surface area contributed by atoms with Gasteiger partial charge in [0.05, 0.1) is 12.1 Å². The first-order valence-electron chi connectivity index (χ1n) is 7.48. The van der Waals surface area contributed by atoms with E-state index >= 15 is 0 Å². The zero-order valence-electron chi connectivity index (χ0n) is 13.0. The molecule has 1 fully saturated rings. The van der Waals surface area contributed by atoms with E-state index in [0.29, 0.717) is 0 Å². The first-order chi connectivity index (χ1) is 9.83. The van der Waals surface area contributed by atoms with Crippen molar-refractivity contribution in [2.45, 2.75) is 45.6 Å². The molecule has 1 saturated carbocycles. The summed E-state index contributed by atoms with van der Waals surface area (Å²) in [6, 6.07) is 10.0. The van der Waals surface area contributed by atoms with Gasteiger partial charge in [-0.1, -0.05) is 51.1 Å². The molecule has 0 heterocycles. The fourth-order valence-electron chi connectivity index (χ4n) is 2.51. The summed E-state index contributed by atoms with van der Waals surface area (Å²) in [5, 5.41) is 5.79. The summed E-state index contributed by atoms with van der Waals surface area (Å²) < 4.78 is 0. The lowest BCUT2D eigenvalue weighted by molar-refractivity contribution is -0.132. The Hall–Kier alpha value is -1.84. The SMILES string of the molecule is CC(C)(C)C(=O)NCC(=O)NC1(c2ccccc2)CCC1. The Labute approximate surface area is 126 Å². The lowest BCUT2D eigenvalue weighted by Gasteiger charge is -2.43. The second-order valence-electron chi connectivity index (χ2n) is 6.78. The molecule has 0 aliphatic heterocycles. The molecule has 2 amide bonds. The Morgan fingerprint density at radius 2 is 1.76 bits per heavy atom. The maximum absolute atomic E-state index is 12.1. The lowest BCUT2D eigenvalue weighted by atomic mass is 9.72. The van der Waals surface area contributed by atoms with Crippen molar-refractivity contribution < 1.29 is 9.59 Å². The maximum atomic E-state index is 12.1. The molecule has 0 aromatic heterocycles. The standard InChI is InChI=1S/C17H24N2O2/c1-16(2,3)15(21)18-12-14(20)19-17(10-7-11-17)13-8-5-4-6-9-13/h4-6,8-9H,7,10-12H2,1-3H3,(H,18,21)(H,19,20). The van der Waals surface area contributed by atoms with Crippen LogP contribution in [0.2, 0.25) is 0 Å². The van der Waals surface area contributed by atoms with Crippen LogP contribution >= 0.6 is 0 Å². The van der Waals surface area contributed by atoms with Gasteiger partial charge in [0.2, 0.25) is 11.8 Å². The Morgan fingerprint density at radius 3 is 2.24 bits per heavy atom. The molecule has 4 heteroatoms. The minimum absolute atomic E-state index is 0.0324. The van der Waals surface area contributed by atoms with Crippen LogP contribution in [-0.4, -0.2) is 18.4 Å². The van der Waals surface area contributed by atoms with E-state index in [0.717, 1.165) is 24.8 Å². The van der Waals surface area contributed by atoms with E-state index in [-0.39, 0.29) is 23.9 Å². The molecule has 2 rings (SSSR count). The van der Waals surface area contributed by atoms with Crippen molar-refractivity contribution in [2.75, 3.05) is 6.54 Å². The van der Waals surface area contributed by atoms with Gasteiger partial charge in [-0.15, -0.1) is 0 Å². The molecule has 0 unspecified atom stereocenters. The largest absolute Gasteiger partial charge is 0.347 e. The molecule has 1 aliphatic carbocycles. The van der Waals surface area contributed by atoms with E-state index in [9.17, 15) is 9.59 Å².